The highest BCUT2D eigenvalue weighted by Crippen LogP contribution is 2.05. The Morgan fingerprint density at radius 2 is 2.11 bits per heavy atom. The topological polar surface area (TPSA) is 85.1 Å². The molecule has 0 atom stereocenters. The lowest BCUT2D eigenvalue weighted by molar-refractivity contribution is 0.0690. The van der Waals surface area contributed by atoms with E-state index in [4.69, 9.17) is 5.11 Å². The van der Waals surface area contributed by atoms with Crippen LogP contribution < -0.4 is 5.56 Å². The predicted octanol–water partition coefficient (Wildman–Crippen LogP) is 1.00. The van der Waals surface area contributed by atoms with Gasteiger partial charge in [-0.1, -0.05) is 0 Å². The fourth-order valence-corrected chi connectivity index (χ4v) is 1.83. The number of aryl methyl sites for hydroxylation is 2. The van der Waals surface area contributed by atoms with Crippen LogP contribution in [0.1, 0.15) is 27.6 Å². The maximum Gasteiger partial charge on any atom is 0.354 e. The van der Waals surface area contributed by atoms with Gasteiger partial charge in [0.25, 0.3) is 5.56 Å². The highest BCUT2D eigenvalue weighted by molar-refractivity contribution is 5.85. The van der Waals surface area contributed by atoms with Crippen molar-refractivity contribution in [2.24, 2.45) is 0 Å². The first-order valence-electron chi connectivity index (χ1n) is 5.70. The van der Waals surface area contributed by atoms with Gasteiger partial charge in [-0.2, -0.15) is 0 Å². The van der Waals surface area contributed by atoms with Crippen LogP contribution in [-0.2, 0) is 6.54 Å². The molecule has 98 valence electrons. The molecule has 0 aromatic carbocycles. The van der Waals surface area contributed by atoms with Crippen LogP contribution in [0.15, 0.2) is 29.2 Å². The van der Waals surface area contributed by atoms with Crippen LogP contribution in [0.2, 0.25) is 0 Å². The van der Waals surface area contributed by atoms with E-state index < -0.39 is 5.97 Å². The van der Waals surface area contributed by atoms with E-state index in [0.29, 0.717) is 17.1 Å². The Hall–Kier alpha value is -2.50. The van der Waals surface area contributed by atoms with Crippen molar-refractivity contribution < 1.29 is 9.90 Å². The summed E-state index contributed by atoms with van der Waals surface area (Å²) in [6.45, 7) is 3.78. The predicted molar refractivity (Wildman–Crippen MR) is 68.3 cm³/mol. The molecular weight excluding hydrogens is 246 g/mol. The van der Waals surface area contributed by atoms with Crippen LogP contribution in [-0.4, -0.2) is 25.6 Å². The van der Waals surface area contributed by atoms with Crippen molar-refractivity contribution in [1.82, 2.24) is 14.5 Å². The highest BCUT2D eigenvalue weighted by Gasteiger charge is 2.08. The number of hydrogen-bond donors (Lipinski definition) is 1. The SMILES string of the molecule is Cc1cc(=O)n(Cc2ccnc(C(=O)O)c2)c(C)n1. The van der Waals surface area contributed by atoms with Crippen LogP contribution in [0.25, 0.3) is 0 Å². The second-order valence-electron chi connectivity index (χ2n) is 4.22. The van der Waals surface area contributed by atoms with Crippen molar-refractivity contribution in [1.29, 1.82) is 0 Å². The molecule has 0 spiro atoms. The maximum absolute atomic E-state index is 11.9. The summed E-state index contributed by atoms with van der Waals surface area (Å²) < 4.78 is 1.49. The molecule has 0 bridgehead atoms. The molecule has 2 rings (SSSR count). The van der Waals surface area contributed by atoms with Gasteiger partial charge in [-0.05, 0) is 31.5 Å². The number of carbonyl (C=O) groups is 1. The molecule has 1 N–H and O–H groups in total. The summed E-state index contributed by atoms with van der Waals surface area (Å²) in [4.78, 5) is 30.7. The minimum Gasteiger partial charge on any atom is -0.477 e. The average Bonchev–Trinajstić information content (AvgIpc) is 2.34. The Morgan fingerprint density at radius 1 is 1.37 bits per heavy atom. The zero-order valence-electron chi connectivity index (χ0n) is 10.6. The van der Waals surface area contributed by atoms with Crippen LogP contribution in [0.3, 0.4) is 0 Å². The van der Waals surface area contributed by atoms with Gasteiger partial charge < -0.3 is 5.11 Å². The monoisotopic (exact) mass is 259 g/mol. The lowest BCUT2D eigenvalue weighted by atomic mass is 10.2. The van der Waals surface area contributed by atoms with E-state index in [1.54, 1.807) is 19.9 Å². The van der Waals surface area contributed by atoms with Gasteiger partial charge in [-0.15, -0.1) is 0 Å². The summed E-state index contributed by atoms with van der Waals surface area (Å²) in [5.41, 5.74) is 1.17. The Labute approximate surface area is 109 Å². The summed E-state index contributed by atoms with van der Waals surface area (Å²) in [6, 6.07) is 4.58. The summed E-state index contributed by atoms with van der Waals surface area (Å²) in [6.07, 6.45) is 1.42. The van der Waals surface area contributed by atoms with E-state index in [2.05, 4.69) is 9.97 Å². The Bertz CT molecular complexity index is 692. The minimum absolute atomic E-state index is 0.0386. The molecule has 0 saturated heterocycles. The Kier molecular flexibility index (Phi) is 3.41. The summed E-state index contributed by atoms with van der Waals surface area (Å²) in [5, 5.41) is 8.88. The van der Waals surface area contributed by atoms with Gasteiger partial charge in [-0.3, -0.25) is 9.36 Å². The molecular formula is C13H13N3O3. The first kappa shape index (κ1) is 12.9. The number of rotatable bonds is 3. The molecule has 0 radical (unpaired) electrons. The van der Waals surface area contributed by atoms with Gasteiger partial charge in [0, 0.05) is 18.0 Å². The fraction of sp³-hybridized carbons (Fsp3) is 0.231. The molecule has 0 unspecified atom stereocenters. The van der Waals surface area contributed by atoms with Crippen molar-refractivity contribution >= 4 is 5.97 Å². The van der Waals surface area contributed by atoms with Crippen molar-refractivity contribution in [2.75, 3.05) is 0 Å². The van der Waals surface area contributed by atoms with Gasteiger partial charge in [0.15, 0.2) is 0 Å². The minimum atomic E-state index is -1.09. The Morgan fingerprint density at radius 3 is 2.74 bits per heavy atom. The number of carboxylic acids is 1. The number of aromatic carboxylic acids is 1. The number of carboxylic acid groups (broad SMARTS) is 1. The van der Waals surface area contributed by atoms with Crippen molar-refractivity contribution in [2.45, 2.75) is 20.4 Å². The van der Waals surface area contributed by atoms with E-state index in [1.165, 1.54) is 22.9 Å². The third-order valence-electron chi connectivity index (χ3n) is 2.71. The quantitative estimate of drug-likeness (QED) is 0.888. The largest absolute Gasteiger partial charge is 0.477 e. The molecule has 0 saturated carbocycles. The van der Waals surface area contributed by atoms with E-state index in [-0.39, 0.29) is 17.8 Å². The van der Waals surface area contributed by atoms with Crippen LogP contribution in [0, 0.1) is 13.8 Å². The van der Waals surface area contributed by atoms with E-state index in [9.17, 15) is 9.59 Å². The number of hydrogen-bond acceptors (Lipinski definition) is 4. The summed E-state index contributed by atoms with van der Waals surface area (Å²) in [5.74, 6) is -0.494. The van der Waals surface area contributed by atoms with Gasteiger partial charge >= 0.3 is 5.97 Å². The highest BCUT2D eigenvalue weighted by atomic mass is 16.4. The second-order valence-corrected chi connectivity index (χ2v) is 4.22. The van der Waals surface area contributed by atoms with E-state index >= 15 is 0 Å². The molecule has 2 aromatic rings. The standard InChI is InChI=1S/C13H13N3O3/c1-8-5-12(17)16(9(2)15-8)7-10-3-4-14-11(6-10)13(18)19/h3-6H,7H2,1-2H3,(H,18,19). The molecule has 2 heterocycles. The van der Waals surface area contributed by atoms with Crippen molar-refractivity contribution in [3.05, 3.63) is 57.5 Å². The summed E-state index contributed by atoms with van der Waals surface area (Å²) >= 11 is 0. The number of nitrogens with zero attached hydrogens (tertiary/aromatic N) is 3. The first-order valence-corrected chi connectivity index (χ1v) is 5.70. The van der Waals surface area contributed by atoms with E-state index in [0.717, 1.165) is 0 Å². The van der Waals surface area contributed by atoms with Crippen molar-refractivity contribution in [3.63, 3.8) is 0 Å². The molecule has 0 amide bonds. The molecule has 6 heteroatoms. The first-order chi connectivity index (χ1) is 8.97. The fourth-order valence-electron chi connectivity index (χ4n) is 1.83. The molecule has 0 aliphatic rings. The molecule has 0 aliphatic heterocycles. The second kappa shape index (κ2) is 5.01. The van der Waals surface area contributed by atoms with Gasteiger partial charge in [0.2, 0.25) is 0 Å². The van der Waals surface area contributed by atoms with Crippen LogP contribution >= 0.6 is 0 Å². The Balaban J connectivity index is 2.39. The number of pyridine rings is 1. The van der Waals surface area contributed by atoms with Crippen molar-refractivity contribution in [3.8, 4) is 0 Å². The lowest BCUT2D eigenvalue weighted by Gasteiger charge is -2.09. The molecule has 19 heavy (non-hydrogen) atoms. The molecule has 0 fully saturated rings. The average molecular weight is 259 g/mol. The zero-order valence-corrected chi connectivity index (χ0v) is 10.6. The number of aromatic nitrogens is 3. The lowest BCUT2D eigenvalue weighted by Crippen LogP contribution is -2.24. The smallest absolute Gasteiger partial charge is 0.354 e. The summed E-state index contributed by atoms with van der Waals surface area (Å²) in [7, 11) is 0. The maximum atomic E-state index is 11.9. The molecule has 0 aliphatic carbocycles. The molecule has 2 aromatic heterocycles. The third kappa shape index (κ3) is 2.85. The zero-order chi connectivity index (χ0) is 14.0. The van der Waals surface area contributed by atoms with Crippen LogP contribution in [0.4, 0.5) is 0 Å². The van der Waals surface area contributed by atoms with Gasteiger partial charge in [0.1, 0.15) is 11.5 Å². The van der Waals surface area contributed by atoms with Crippen LogP contribution in [0.5, 0.6) is 0 Å². The normalized spacial score (nSPS) is 10.4. The van der Waals surface area contributed by atoms with E-state index in [1.807, 2.05) is 0 Å². The van der Waals surface area contributed by atoms with Gasteiger partial charge in [-0.25, -0.2) is 14.8 Å². The van der Waals surface area contributed by atoms with Gasteiger partial charge in [0.05, 0.1) is 6.54 Å². The third-order valence-corrected chi connectivity index (χ3v) is 2.71. The molecule has 6 nitrogen and oxygen atoms in total.